The molecule has 0 fully saturated rings. The molecule has 0 unspecified atom stereocenters. The molecule has 4 heteroatoms. The van der Waals surface area contributed by atoms with Crippen LogP contribution in [0.4, 0.5) is 0 Å². The van der Waals surface area contributed by atoms with Gasteiger partial charge in [-0.1, -0.05) is 19.1 Å². The van der Waals surface area contributed by atoms with Crippen LogP contribution in [0.5, 0.6) is 5.75 Å². The molecule has 1 aromatic rings. The van der Waals surface area contributed by atoms with E-state index in [0.29, 0.717) is 6.61 Å². The number of aromatic hydroxyl groups is 1. The molecule has 1 N–H and O–H groups in total. The monoisotopic (exact) mass is 278 g/mol. The highest BCUT2D eigenvalue weighted by Gasteiger charge is 2.21. The van der Waals surface area contributed by atoms with E-state index in [1.54, 1.807) is 30.3 Å². The minimum atomic E-state index is -0.569. The number of benzene rings is 1. The molecule has 0 atom stereocenters. The molecule has 1 rings (SSSR count). The van der Waals surface area contributed by atoms with Crippen LogP contribution in [0.3, 0.4) is 0 Å². The van der Waals surface area contributed by atoms with Gasteiger partial charge in [0.15, 0.2) is 0 Å². The third-order valence-corrected chi connectivity index (χ3v) is 2.25. The number of esters is 1. The van der Waals surface area contributed by atoms with Crippen LogP contribution >= 0.6 is 0 Å². The number of rotatable bonds is 5. The van der Waals surface area contributed by atoms with Crippen molar-refractivity contribution in [3.63, 3.8) is 0 Å². The highest BCUT2D eigenvalue weighted by atomic mass is 16.6. The van der Waals surface area contributed by atoms with Gasteiger partial charge in [0.05, 0.1) is 6.61 Å². The minimum Gasteiger partial charge on any atom is -0.508 e. The smallest absolute Gasteiger partial charge is 0.374 e. The van der Waals surface area contributed by atoms with Crippen LogP contribution in [0.15, 0.2) is 30.0 Å². The Morgan fingerprint density at radius 2 is 1.85 bits per heavy atom. The maximum atomic E-state index is 12.1. The lowest BCUT2D eigenvalue weighted by Gasteiger charge is -2.20. The molecule has 0 bridgehead atoms. The molecule has 110 valence electrons. The van der Waals surface area contributed by atoms with Crippen molar-refractivity contribution < 1.29 is 19.4 Å². The van der Waals surface area contributed by atoms with Gasteiger partial charge in [0, 0.05) is 0 Å². The van der Waals surface area contributed by atoms with Gasteiger partial charge in [-0.2, -0.15) is 0 Å². The topological polar surface area (TPSA) is 55.8 Å². The molecule has 0 heterocycles. The van der Waals surface area contributed by atoms with E-state index in [0.717, 1.165) is 12.0 Å². The predicted molar refractivity (Wildman–Crippen MR) is 78.2 cm³/mol. The van der Waals surface area contributed by atoms with Crippen LogP contribution in [0.2, 0.25) is 0 Å². The zero-order chi connectivity index (χ0) is 15.2. The number of ether oxygens (including phenoxy) is 2. The molecule has 0 spiro atoms. The van der Waals surface area contributed by atoms with Gasteiger partial charge in [-0.05, 0) is 51.0 Å². The standard InChI is InChI=1S/C16H22O4/c1-5-10-19-14(15(18)20-16(2,3)4)11-12-6-8-13(17)9-7-12/h6-9,11,17H,5,10H2,1-4H3. The third-order valence-electron chi connectivity index (χ3n) is 2.25. The molecular formula is C16H22O4. The van der Waals surface area contributed by atoms with Crippen LogP contribution < -0.4 is 0 Å². The van der Waals surface area contributed by atoms with Crippen molar-refractivity contribution >= 4 is 12.0 Å². The second-order valence-corrected chi connectivity index (χ2v) is 5.45. The van der Waals surface area contributed by atoms with E-state index in [-0.39, 0.29) is 11.5 Å². The normalized spacial score (nSPS) is 12.1. The molecule has 4 nitrogen and oxygen atoms in total. The van der Waals surface area contributed by atoms with E-state index in [9.17, 15) is 9.90 Å². The van der Waals surface area contributed by atoms with Gasteiger partial charge >= 0.3 is 5.97 Å². The Bertz CT molecular complexity index is 466. The fourth-order valence-electron chi connectivity index (χ4n) is 1.42. The lowest BCUT2D eigenvalue weighted by molar-refractivity contribution is -0.153. The quantitative estimate of drug-likeness (QED) is 0.509. The van der Waals surface area contributed by atoms with E-state index in [1.807, 2.05) is 27.7 Å². The van der Waals surface area contributed by atoms with E-state index in [4.69, 9.17) is 9.47 Å². The first-order chi connectivity index (χ1) is 9.31. The second kappa shape index (κ2) is 6.98. The van der Waals surface area contributed by atoms with Gasteiger partial charge in [-0.3, -0.25) is 0 Å². The van der Waals surface area contributed by atoms with Gasteiger partial charge in [-0.25, -0.2) is 4.79 Å². The fourth-order valence-corrected chi connectivity index (χ4v) is 1.42. The molecule has 0 aliphatic carbocycles. The summed E-state index contributed by atoms with van der Waals surface area (Å²) in [5.74, 6) is -0.137. The molecule has 1 aromatic carbocycles. The summed E-state index contributed by atoms with van der Waals surface area (Å²) in [5, 5.41) is 9.25. The van der Waals surface area contributed by atoms with Crippen molar-refractivity contribution in [2.24, 2.45) is 0 Å². The highest BCUT2D eigenvalue weighted by Crippen LogP contribution is 2.17. The number of hydrogen-bond acceptors (Lipinski definition) is 4. The Hall–Kier alpha value is -1.97. The van der Waals surface area contributed by atoms with Gasteiger partial charge in [0.1, 0.15) is 11.4 Å². The van der Waals surface area contributed by atoms with Gasteiger partial charge in [0.25, 0.3) is 0 Å². The molecule has 20 heavy (non-hydrogen) atoms. The van der Waals surface area contributed by atoms with E-state index >= 15 is 0 Å². The van der Waals surface area contributed by atoms with Crippen LogP contribution in [-0.4, -0.2) is 23.3 Å². The Morgan fingerprint density at radius 3 is 2.35 bits per heavy atom. The SMILES string of the molecule is CCCOC(=Cc1ccc(O)cc1)C(=O)OC(C)(C)C. The summed E-state index contributed by atoms with van der Waals surface area (Å²) in [7, 11) is 0. The van der Waals surface area contributed by atoms with Crippen molar-refractivity contribution in [1.29, 1.82) is 0 Å². The lowest BCUT2D eigenvalue weighted by Crippen LogP contribution is -2.25. The molecule has 0 aromatic heterocycles. The van der Waals surface area contributed by atoms with Crippen molar-refractivity contribution in [2.75, 3.05) is 6.61 Å². The molecule has 0 aliphatic heterocycles. The Labute approximate surface area is 120 Å². The van der Waals surface area contributed by atoms with Gasteiger partial charge in [0.2, 0.25) is 5.76 Å². The Morgan fingerprint density at radius 1 is 1.25 bits per heavy atom. The molecule has 0 radical (unpaired) electrons. The van der Waals surface area contributed by atoms with Crippen LogP contribution in [-0.2, 0) is 14.3 Å². The predicted octanol–water partition coefficient (Wildman–Crippen LogP) is 3.50. The summed E-state index contributed by atoms with van der Waals surface area (Å²) in [6.07, 6.45) is 2.42. The Balaban J connectivity index is 2.93. The number of phenolic OH excluding ortho intramolecular Hbond substituents is 1. The number of carbonyl (C=O) groups excluding carboxylic acids is 1. The Kier molecular flexibility index (Phi) is 5.62. The molecule has 0 saturated carbocycles. The number of carbonyl (C=O) groups is 1. The molecule has 0 amide bonds. The van der Waals surface area contributed by atoms with Crippen LogP contribution in [0, 0.1) is 0 Å². The minimum absolute atomic E-state index is 0.174. The summed E-state index contributed by atoms with van der Waals surface area (Å²) in [6.45, 7) is 7.84. The van der Waals surface area contributed by atoms with Crippen LogP contribution in [0.1, 0.15) is 39.7 Å². The molecular weight excluding hydrogens is 256 g/mol. The van der Waals surface area contributed by atoms with E-state index < -0.39 is 11.6 Å². The first-order valence-electron chi connectivity index (χ1n) is 6.68. The van der Waals surface area contributed by atoms with Crippen molar-refractivity contribution in [1.82, 2.24) is 0 Å². The molecule has 0 saturated heterocycles. The zero-order valence-corrected chi connectivity index (χ0v) is 12.5. The van der Waals surface area contributed by atoms with Gasteiger partial charge in [-0.15, -0.1) is 0 Å². The average Bonchev–Trinajstić information content (AvgIpc) is 2.34. The largest absolute Gasteiger partial charge is 0.508 e. The zero-order valence-electron chi connectivity index (χ0n) is 12.5. The first kappa shape index (κ1) is 16.1. The van der Waals surface area contributed by atoms with Crippen molar-refractivity contribution in [2.45, 2.75) is 39.7 Å². The first-order valence-corrected chi connectivity index (χ1v) is 6.68. The summed E-state index contributed by atoms with van der Waals surface area (Å²) in [4.78, 5) is 12.1. The summed E-state index contributed by atoms with van der Waals surface area (Å²) in [5.41, 5.74) is 0.195. The van der Waals surface area contributed by atoms with Crippen molar-refractivity contribution in [3.8, 4) is 5.75 Å². The maximum absolute atomic E-state index is 12.1. The summed E-state index contributed by atoms with van der Waals surface area (Å²) >= 11 is 0. The summed E-state index contributed by atoms with van der Waals surface area (Å²) < 4.78 is 10.8. The van der Waals surface area contributed by atoms with Gasteiger partial charge < -0.3 is 14.6 Å². The lowest BCUT2D eigenvalue weighted by atomic mass is 10.2. The second-order valence-electron chi connectivity index (χ2n) is 5.45. The fraction of sp³-hybridized carbons (Fsp3) is 0.438. The molecule has 0 aliphatic rings. The van der Waals surface area contributed by atoms with E-state index in [2.05, 4.69) is 0 Å². The number of phenols is 1. The van der Waals surface area contributed by atoms with Crippen molar-refractivity contribution in [3.05, 3.63) is 35.6 Å². The highest BCUT2D eigenvalue weighted by molar-refractivity contribution is 5.91. The number of hydrogen-bond donors (Lipinski definition) is 1. The van der Waals surface area contributed by atoms with E-state index in [1.165, 1.54) is 0 Å². The average molecular weight is 278 g/mol. The summed E-state index contributed by atoms with van der Waals surface area (Å²) in [6, 6.07) is 6.51. The third kappa shape index (κ3) is 5.78. The maximum Gasteiger partial charge on any atom is 0.374 e. The van der Waals surface area contributed by atoms with Crippen LogP contribution in [0.25, 0.3) is 6.08 Å².